The molecule has 0 atom stereocenters. The first kappa shape index (κ1) is 21.5. The summed E-state index contributed by atoms with van der Waals surface area (Å²) in [6.07, 6.45) is 4.13. The number of amides is 1. The molecule has 0 aliphatic heterocycles. The van der Waals surface area contributed by atoms with Crippen molar-refractivity contribution in [3.63, 3.8) is 0 Å². The summed E-state index contributed by atoms with van der Waals surface area (Å²) >= 11 is 12.4. The van der Waals surface area contributed by atoms with E-state index >= 15 is 0 Å². The van der Waals surface area contributed by atoms with Gasteiger partial charge < -0.3 is 10.4 Å². The fourth-order valence-electron chi connectivity index (χ4n) is 3.17. The average Bonchev–Trinajstić information content (AvgIpc) is 3.13. The zero-order chi connectivity index (χ0) is 22.7. The summed E-state index contributed by atoms with van der Waals surface area (Å²) in [5.74, 6) is -1.45. The lowest BCUT2D eigenvalue weighted by molar-refractivity contribution is -0.136. The summed E-state index contributed by atoms with van der Waals surface area (Å²) in [6, 6.07) is 13.4. The number of rotatable bonds is 6. The lowest BCUT2D eigenvalue weighted by Crippen LogP contribution is -2.16. The van der Waals surface area contributed by atoms with Gasteiger partial charge in [-0.1, -0.05) is 35.3 Å². The van der Waals surface area contributed by atoms with E-state index in [0.717, 1.165) is 0 Å². The number of anilines is 1. The van der Waals surface area contributed by atoms with E-state index in [1.807, 2.05) is 0 Å². The van der Waals surface area contributed by atoms with Gasteiger partial charge in [0, 0.05) is 28.5 Å². The Balaban J connectivity index is 1.94. The Morgan fingerprint density at radius 3 is 2.44 bits per heavy atom. The number of halogens is 2. The summed E-state index contributed by atoms with van der Waals surface area (Å²) in [4.78, 5) is 33.1. The maximum absolute atomic E-state index is 13.1. The second-order valence-electron chi connectivity index (χ2n) is 6.67. The van der Waals surface area contributed by atoms with Crippen molar-refractivity contribution in [3.8, 4) is 17.1 Å². The molecule has 3 heterocycles. The van der Waals surface area contributed by atoms with Gasteiger partial charge in [0.15, 0.2) is 11.5 Å². The molecule has 160 valence electrons. The van der Waals surface area contributed by atoms with E-state index in [0.29, 0.717) is 22.0 Å². The molecule has 8 nitrogen and oxygen atoms in total. The highest BCUT2D eigenvalue weighted by atomic mass is 35.5. The number of nitrogens with zero attached hydrogens (tertiary/aromatic N) is 4. The molecule has 0 fully saturated rings. The topological polar surface area (TPSA) is 110 Å². The molecule has 0 unspecified atom stereocenters. The second kappa shape index (κ2) is 9.17. The van der Waals surface area contributed by atoms with Crippen LogP contribution in [0.15, 0.2) is 67.1 Å². The molecule has 2 N–H and O–H groups in total. The quantitative estimate of drug-likeness (QED) is 0.431. The van der Waals surface area contributed by atoms with Crippen LogP contribution in [0, 0.1) is 0 Å². The van der Waals surface area contributed by atoms with E-state index in [1.54, 1.807) is 54.7 Å². The number of aliphatic carboxylic acids is 1. The highest BCUT2D eigenvalue weighted by Gasteiger charge is 2.27. The van der Waals surface area contributed by atoms with Gasteiger partial charge in [-0.2, -0.15) is 5.10 Å². The molecule has 0 aliphatic rings. The van der Waals surface area contributed by atoms with Crippen molar-refractivity contribution in [2.45, 2.75) is 6.42 Å². The lowest BCUT2D eigenvalue weighted by atomic mass is 10.0. The molecule has 1 aromatic carbocycles. The van der Waals surface area contributed by atoms with Crippen molar-refractivity contribution >= 4 is 40.8 Å². The van der Waals surface area contributed by atoms with Crippen molar-refractivity contribution in [1.82, 2.24) is 19.7 Å². The number of aromatic nitrogens is 4. The second-order valence-corrected chi connectivity index (χ2v) is 7.51. The predicted molar refractivity (Wildman–Crippen MR) is 120 cm³/mol. The van der Waals surface area contributed by atoms with Gasteiger partial charge in [-0.25, -0.2) is 9.67 Å². The Kier molecular flexibility index (Phi) is 6.16. The van der Waals surface area contributed by atoms with Crippen LogP contribution in [0.3, 0.4) is 0 Å². The van der Waals surface area contributed by atoms with Gasteiger partial charge >= 0.3 is 5.97 Å². The highest BCUT2D eigenvalue weighted by molar-refractivity contribution is 6.32. The van der Waals surface area contributed by atoms with Gasteiger partial charge in [0.1, 0.15) is 0 Å². The third kappa shape index (κ3) is 4.46. The number of carboxylic acids is 1. The van der Waals surface area contributed by atoms with Gasteiger partial charge in [-0.05, 0) is 36.4 Å². The van der Waals surface area contributed by atoms with Crippen molar-refractivity contribution in [3.05, 3.63) is 88.4 Å². The summed E-state index contributed by atoms with van der Waals surface area (Å²) in [5.41, 5.74) is 1.56. The van der Waals surface area contributed by atoms with Crippen LogP contribution in [0.1, 0.15) is 16.1 Å². The Hall–Kier alpha value is -3.75. The van der Waals surface area contributed by atoms with Crippen LogP contribution in [-0.2, 0) is 11.2 Å². The molecule has 4 rings (SSSR count). The molecular weight excluding hydrogens is 453 g/mol. The third-order valence-corrected chi connectivity index (χ3v) is 5.05. The zero-order valence-electron chi connectivity index (χ0n) is 16.4. The van der Waals surface area contributed by atoms with Crippen molar-refractivity contribution in [1.29, 1.82) is 0 Å². The first-order chi connectivity index (χ1) is 15.4. The average molecular weight is 468 g/mol. The monoisotopic (exact) mass is 467 g/mol. The molecule has 3 aromatic heterocycles. The molecule has 0 radical (unpaired) electrons. The van der Waals surface area contributed by atoms with E-state index in [9.17, 15) is 14.7 Å². The molecule has 4 aromatic rings. The number of hydrogen-bond donors (Lipinski definition) is 2. The first-order valence-corrected chi connectivity index (χ1v) is 10.1. The number of pyridine rings is 2. The third-order valence-electron chi connectivity index (χ3n) is 4.50. The van der Waals surface area contributed by atoms with Crippen molar-refractivity contribution in [2.75, 3.05) is 5.32 Å². The normalized spacial score (nSPS) is 10.7. The molecule has 0 aliphatic carbocycles. The summed E-state index contributed by atoms with van der Waals surface area (Å²) in [6.45, 7) is 0. The molecule has 0 saturated heterocycles. The molecular formula is C22H15Cl2N5O3. The van der Waals surface area contributed by atoms with Gasteiger partial charge in [-0.3, -0.25) is 14.6 Å². The van der Waals surface area contributed by atoms with Crippen molar-refractivity contribution < 1.29 is 14.7 Å². The molecule has 0 saturated carbocycles. The van der Waals surface area contributed by atoms with Crippen molar-refractivity contribution in [2.24, 2.45) is 0 Å². The van der Waals surface area contributed by atoms with E-state index < -0.39 is 18.3 Å². The number of carbonyl (C=O) groups excluding carboxylic acids is 1. The SMILES string of the molecule is O=C(O)Cc1c(C(=O)Nc2cccnc2)nn(-c2ncccc2Cl)c1-c1ccc(Cl)cc1. The fourth-order valence-corrected chi connectivity index (χ4v) is 3.50. The first-order valence-electron chi connectivity index (χ1n) is 9.36. The fraction of sp³-hybridized carbons (Fsp3) is 0.0455. The van der Waals surface area contributed by atoms with E-state index in [4.69, 9.17) is 23.2 Å². The van der Waals surface area contributed by atoms with Crippen LogP contribution < -0.4 is 5.32 Å². The van der Waals surface area contributed by atoms with E-state index in [-0.39, 0.29) is 22.1 Å². The van der Waals surface area contributed by atoms with E-state index in [1.165, 1.54) is 17.1 Å². The minimum atomic E-state index is -1.12. The van der Waals surface area contributed by atoms with Gasteiger partial charge in [0.05, 0.1) is 29.0 Å². The summed E-state index contributed by atoms with van der Waals surface area (Å²) < 4.78 is 1.38. The zero-order valence-corrected chi connectivity index (χ0v) is 17.9. The minimum absolute atomic E-state index is 0.0667. The highest BCUT2D eigenvalue weighted by Crippen LogP contribution is 2.32. The number of carbonyl (C=O) groups is 2. The summed E-state index contributed by atoms with van der Waals surface area (Å²) in [7, 11) is 0. The number of nitrogens with one attached hydrogen (secondary N) is 1. The molecule has 0 spiro atoms. The number of hydrogen-bond acceptors (Lipinski definition) is 5. The van der Waals surface area contributed by atoms with Gasteiger partial charge in [0.25, 0.3) is 5.91 Å². The number of carboxylic acid groups (broad SMARTS) is 1. The molecule has 1 amide bonds. The lowest BCUT2D eigenvalue weighted by Gasteiger charge is -2.10. The Morgan fingerprint density at radius 1 is 1.03 bits per heavy atom. The molecule has 10 heteroatoms. The summed E-state index contributed by atoms with van der Waals surface area (Å²) in [5, 5.41) is 17.5. The van der Waals surface area contributed by atoms with Crippen LogP contribution in [0.5, 0.6) is 0 Å². The largest absolute Gasteiger partial charge is 0.481 e. The Labute approximate surface area is 192 Å². The van der Waals surface area contributed by atoms with Crippen LogP contribution in [0.2, 0.25) is 10.0 Å². The Morgan fingerprint density at radius 2 is 1.78 bits per heavy atom. The maximum Gasteiger partial charge on any atom is 0.307 e. The van der Waals surface area contributed by atoms with Crippen LogP contribution in [-0.4, -0.2) is 36.7 Å². The van der Waals surface area contributed by atoms with Crippen LogP contribution >= 0.6 is 23.2 Å². The predicted octanol–water partition coefficient (Wildman–Crippen LogP) is 4.52. The standard InChI is InChI=1S/C22H15Cl2N5O3/c23-14-7-5-13(6-8-14)20-16(11-18(30)31)19(22(32)27-15-3-1-9-25-12-15)28-29(20)21-17(24)4-2-10-26-21/h1-10,12H,11H2,(H,27,32)(H,30,31). The van der Waals surface area contributed by atoms with E-state index in [2.05, 4.69) is 20.4 Å². The molecule has 0 bridgehead atoms. The van der Waals surface area contributed by atoms with Gasteiger partial charge in [-0.15, -0.1) is 0 Å². The smallest absolute Gasteiger partial charge is 0.307 e. The van der Waals surface area contributed by atoms with Gasteiger partial charge in [0.2, 0.25) is 0 Å². The number of benzene rings is 1. The van der Waals surface area contributed by atoms with Crippen LogP contribution in [0.25, 0.3) is 17.1 Å². The van der Waals surface area contributed by atoms with Crippen LogP contribution in [0.4, 0.5) is 5.69 Å². The Bertz CT molecular complexity index is 1290. The minimum Gasteiger partial charge on any atom is -0.481 e. The maximum atomic E-state index is 13.1. The molecule has 32 heavy (non-hydrogen) atoms.